The summed E-state index contributed by atoms with van der Waals surface area (Å²) < 4.78 is 18.9. The molecule has 0 spiro atoms. The lowest BCUT2D eigenvalue weighted by atomic mass is 9.93. The van der Waals surface area contributed by atoms with Crippen molar-refractivity contribution in [2.45, 2.75) is 32.7 Å². The van der Waals surface area contributed by atoms with Gasteiger partial charge in [0.1, 0.15) is 11.9 Å². The SMILES string of the molecule is Cc1cc(C(=O)NC(C(=O)O)C2CCCOC2)cc(C)c1F. The summed E-state index contributed by atoms with van der Waals surface area (Å²) in [5.41, 5.74) is 0.982. The predicted octanol–water partition coefficient (Wildman–Crippen LogP) is 2.05. The van der Waals surface area contributed by atoms with Crippen molar-refractivity contribution in [3.8, 4) is 0 Å². The number of halogens is 1. The molecule has 0 saturated carbocycles. The smallest absolute Gasteiger partial charge is 0.326 e. The lowest BCUT2D eigenvalue weighted by molar-refractivity contribution is -0.142. The van der Waals surface area contributed by atoms with Gasteiger partial charge >= 0.3 is 5.97 Å². The minimum absolute atomic E-state index is 0.252. The molecule has 1 saturated heterocycles. The Balaban J connectivity index is 2.16. The highest BCUT2D eigenvalue weighted by Crippen LogP contribution is 2.19. The van der Waals surface area contributed by atoms with Gasteiger partial charge in [0, 0.05) is 18.1 Å². The number of carbonyl (C=O) groups is 2. The van der Waals surface area contributed by atoms with E-state index in [0.717, 1.165) is 6.42 Å². The monoisotopic (exact) mass is 309 g/mol. The van der Waals surface area contributed by atoms with Crippen LogP contribution in [0, 0.1) is 25.6 Å². The first-order valence-electron chi connectivity index (χ1n) is 7.28. The fraction of sp³-hybridized carbons (Fsp3) is 0.500. The average Bonchev–Trinajstić information content (AvgIpc) is 2.50. The molecule has 2 atom stereocenters. The van der Waals surface area contributed by atoms with Crippen LogP contribution in [-0.4, -0.2) is 36.2 Å². The quantitative estimate of drug-likeness (QED) is 0.892. The summed E-state index contributed by atoms with van der Waals surface area (Å²) in [6, 6.07) is 1.85. The van der Waals surface area contributed by atoms with E-state index in [2.05, 4.69) is 5.32 Å². The van der Waals surface area contributed by atoms with Crippen molar-refractivity contribution >= 4 is 11.9 Å². The van der Waals surface area contributed by atoms with Crippen LogP contribution in [0.25, 0.3) is 0 Å². The molecular weight excluding hydrogens is 289 g/mol. The van der Waals surface area contributed by atoms with Gasteiger partial charge in [0.05, 0.1) is 6.61 Å². The summed E-state index contributed by atoms with van der Waals surface area (Å²) in [5.74, 6) is -2.20. The highest BCUT2D eigenvalue weighted by molar-refractivity contribution is 5.97. The molecule has 22 heavy (non-hydrogen) atoms. The zero-order valence-corrected chi connectivity index (χ0v) is 12.7. The summed E-state index contributed by atoms with van der Waals surface area (Å²) in [5, 5.41) is 11.9. The second-order valence-electron chi connectivity index (χ2n) is 5.69. The Kier molecular flexibility index (Phi) is 5.13. The summed E-state index contributed by atoms with van der Waals surface area (Å²) in [4.78, 5) is 23.7. The molecule has 2 N–H and O–H groups in total. The van der Waals surface area contributed by atoms with Gasteiger partial charge in [-0.05, 0) is 49.9 Å². The number of amides is 1. The van der Waals surface area contributed by atoms with Crippen molar-refractivity contribution in [2.24, 2.45) is 5.92 Å². The average molecular weight is 309 g/mol. The van der Waals surface area contributed by atoms with Crippen LogP contribution in [0.5, 0.6) is 0 Å². The Hall–Kier alpha value is -1.95. The summed E-state index contributed by atoms with van der Waals surface area (Å²) >= 11 is 0. The Bertz CT molecular complexity index is 559. The molecule has 2 rings (SSSR count). The molecule has 2 unspecified atom stereocenters. The van der Waals surface area contributed by atoms with Crippen molar-refractivity contribution in [2.75, 3.05) is 13.2 Å². The van der Waals surface area contributed by atoms with Gasteiger partial charge in [-0.1, -0.05) is 0 Å². The first-order valence-corrected chi connectivity index (χ1v) is 7.28. The van der Waals surface area contributed by atoms with Gasteiger partial charge < -0.3 is 15.2 Å². The molecule has 1 aromatic carbocycles. The van der Waals surface area contributed by atoms with Crippen LogP contribution in [0.2, 0.25) is 0 Å². The highest BCUT2D eigenvalue weighted by Gasteiger charge is 2.31. The lowest BCUT2D eigenvalue weighted by Gasteiger charge is -2.28. The third-order valence-corrected chi connectivity index (χ3v) is 3.92. The number of hydrogen-bond donors (Lipinski definition) is 2. The zero-order chi connectivity index (χ0) is 16.3. The van der Waals surface area contributed by atoms with Gasteiger partial charge in [-0.25, -0.2) is 9.18 Å². The van der Waals surface area contributed by atoms with E-state index < -0.39 is 17.9 Å². The van der Waals surface area contributed by atoms with Gasteiger partial charge in [0.15, 0.2) is 0 Å². The molecule has 0 radical (unpaired) electrons. The number of aryl methyl sites for hydroxylation is 2. The minimum atomic E-state index is -1.08. The molecule has 1 aliphatic rings. The fourth-order valence-corrected chi connectivity index (χ4v) is 2.71. The number of rotatable bonds is 4. The molecule has 0 aromatic heterocycles. The van der Waals surface area contributed by atoms with Crippen molar-refractivity contribution < 1.29 is 23.8 Å². The molecular formula is C16H20FNO4. The summed E-state index contributed by atoms with van der Waals surface area (Å²) in [6.45, 7) is 4.08. The van der Waals surface area contributed by atoms with E-state index in [0.29, 0.717) is 30.8 Å². The molecule has 0 bridgehead atoms. The van der Waals surface area contributed by atoms with Crippen molar-refractivity contribution in [3.05, 3.63) is 34.6 Å². The minimum Gasteiger partial charge on any atom is -0.480 e. The number of hydrogen-bond acceptors (Lipinski definition) is 3. The molecule has 5 nitrogen and oxygen atoms in total. The summed E-state index contributed by atoms with van der Waals surface area (Å²) in [6.07, 6.45) is 1.47. The summed E-state index contributed by atoms with van der Waals surface area (Å²) in [7, 11) is 0. The zero-order valence-electron chi connectivity index (χ0n) is 12.7. The van der Waals surface area contributed by atoms with Crippen LogP contribution < -0.4 is 5.32 Å². The molecule has 120 valence electrons. The first kappa shape index (κ1) is 16.4. The van der Waals surface area contributed by atoms with Crippen LogP contribution in [0.1, 0.15) is 34.3 Å². The highest BCUT2D eigenvalue weighted by atomic mass is 19.1. The van der Waals surface area contributed by atoms with Crippen LogP contribution >= 0.6 is 0 Å². The number of nitrogens with one attached hydrogen (secondary N) is 1. The van der Waals surface area contributed by atoms with Crippen molar-refractivity contribution in [1.29, 1.82) is 0 Å². The Morgan fingerprint density at radius 2 is 2.00 bits per heavy atom. The third-order valence-electron chi connectivity index (χ3n) is 3.92. The van der Waals surface area contributed by atoms with Crippen LogP contribution in [0.4, 0.5) is 4.39 Å². The fourth-order valence-electron chi connectivity index (χ4n) is 2.71. The van der Waals surface area contributed by atoms with E-state index in [4.69, 9.17) is 4.74 Å². The van der Waals surface area contributed by atoms with E-state index in [-0.39, 0.29) is 17.3 Å². The van der Waals surface area contributed by atoms with Crippen LogP contribution in [-0.2, 0) is 9.53 Å². The molecule has 1 aliphatic heterocycles. The molecule has 0 aliphatic carbocycles. The van der Waals surface area contributed by atoms with E-state index in [1.54, 1.807) is 13.8 Å². The van der Waals surface area contributed by atoms with E-state index in [1.165, 1.54) is 12.1 Å². The molecule has 1 fully saturated rings. The van der Waals surface area contributed by atoms with E-state index in [1.807, 2.05) is 0 Å². The number of aliphatic carboxylic acids is 1. The molecule has 1 heterocycles. The number of benzene rings is 1. The maximum atomic E-state index is 13.6. The Morgan fingerprint density at radius 3 is 2.50 bits per heavy atom. The van der Waals surface area contributed by atoms with Crippen molar-refractivity contribution in [1.82, 2.24) is 5.32 Å². The molecule has 1 aromatic rings. The first-order chi connectivity index (χ1) is 10.4. The lowest BCUT2D eigenvalue weighted by Crippen LogP contribution is -2.48. The maximum Gasteiger partial charge on any atom is 0.326 e. The Labute approximate surface area is 128 Å². The van der Waals surface area contributed by atoms with Gasteiger partial charge in [-0.2, -0.15) is 0 Å². The van der Waals surface area contributed by atoms with Gasteiger partial charge in [-0.15, -0.1) is 0 Å². The van der Waals surface area contributed by atoms with Crippen LogP contribution in [0.15, 0.2) is 12.1 Å². The Morgan fingerprint density at radius 1 is 1.36 bits per heavy atom. The number of carboxylic acids is 1. The van der Waals surface area contributed by atoms with Crippen LogP contribution in [0.3, 0.4) is 0 Å². The van der Waals surface area contributed by atoms with Crippen molar-refractivity contribution in [3.63, 3.8) is 0 Å². The van der Waals surface area contributed by atoms with E-state index in [9.17, 15) is 19.1 Å². The van der Waals surface area contributed by atoms with Gasteiger partial charge in [0.2, 0.25) is 0 Å². The second kappa shape index (κ2) is 6.87. The topological polar surface area (TPSA) is 75.6 Å². The third kappa shape index (κ3) is 3.62. The van der Waals surface area contributed by atoms with E-state index >= 15 is 0 Å². The normalized spacial score (nSPS) is 19.5. The number of carbonyl (C=O) groups excluding carboxylic acids is 1. The number of carboxylic acid groups (broad SMARTS) is 1. The van der Waals surface area contributed by atoms with Gasteiger partial charge in [-0.3, -0.25) is 4.79 Å². The standard InChI is InChI=1S/C16H20FNO4/c1-9-6-12(7-10(2)13(9)17)15(19)18-14(16(20)21)11-4-3-5-22-8-11/h6-7,11,14H,3-5,8H2,1-2H3,(H,18,19)(H,20,21). The molecule has 1 amide bonds. The number of ether oxygens (including phenoxy) is 1. The van der Waals surface area contributed by atoms with Gasteiger partial charge in [0.25, 0.3) is 5.91 Å². The second-order valence-corrected chi connectivity index (χ2v) is 5.69. The maximum absolute atomic E-state index is 13.6. The molecule has 6 heteroatoms. The predicted molar refractivity (Wildman–Crippen MR) is 78.3 cm³/mol. The largest absolute Gasteiger partial charge is 0.480 e.